The molecule has 6 nitrogen and oxygen atoms in total. The van der Waals surface area contributed by atoms with Crippen LogP contribution in [0.3, 0.4) is 0 Å². The van der Waals surface area contributed by atoms with Gasteiger partial charge in [-0.25, -0.2) is 4.79 Å². The summed E-state index contributed by atoms with van der Waals surface area (Å²) in [5.41, 5.74) is -0.0681. The number of hydrogen-bond acceptors (Lipinski definition) is 5. The minimum Gasteiger partial charge on any atom is -0.457 e. The van der Waals surface area contributed by atoms with Crippen LogP contribution in [0.4, 0.5) is 4.79 Å². The first-order valence-corrected chi connectivity index (χ1v) is 8.49. The van der Waals surface area contributed by atoms with Crippen LogP contribution in [-0.2, 0) is 14.3 Å². The van der Waals surface area contributed by atoms with Gasteiger partial charge in [0.05, 0.1) is 5.92 Å². The number of benzene rings is 1. The van der Waals surface area contributed by atoms with E-state index in [-0.39, 0.29) is 18.9 Å². The molecule has 0 N–H and O–H groups in total. The van der Waals surface area contributed by atoms with E-state index in [1.165, 1.54) is 4.90 Å². The molecule has 0 spiro atoms. The maximum Gasteiger partial charge on any atom is 0.410 e. The Labute approximate surface area is 148 Å². The molecule has 1 fully saturated rings. The summed E-state index contributed by atoms with van der Waals surface area (Å²) in [6, 6.07) is 8.70. The molecule has 1 saturated heterocycles. The number of amides is 1. The SMILES string of the molecule is CC(C)(C)OC(=O)N1CCC[C@H](C(=O)OCC(=O)c2ccccc2)C1. The summed E-state index contributed by atoms with van der Waals surface area (Å²) in [5, 5.41) is 0. The molecule has 1 aliphatic heterocycles. The zero-order chi connectivity index (χ0) is 18.4. The fourth-order valence-electron chi connectivity index (χ4n) is 2.62. The second-order valence-corrected chi connectivity index (χ2v) is 7.16. The van der Waals surface area contributed by atoms with Crippen LogP contribution in [0, 0.1) is 5.92 Å². The average Bonchev–Trinajstić information content (AvgIpc) is 2.58. The first kappa shape index (κ1) is 19.0. The zero-order valence-electron chi connectivity index (χ0n) is 15.0. The quantitative estimate of drug-likeness (QED) is 0.618. The number of carbonyl (C=O) groups excluding carboxylic acids is 3. The van der Waals surface area contributed by atoms with Crippen LogP contribution in [0.1, 0.15) is 44.0 Å². The Morgan fingerprint density at radius 1 is 1.16 bits per heavy atom. The molecule has 0 aromatic heterocycles. The second kappa shape index (κ2) is 8.14. The monoisotopic (exact) mass is 347 g/mol. The van der Waals surface area contributed by atoms with Gasteiger partial charge in [0.1, 0.15) is 5.60 Å². The van der Waals surface area contributed by atoms with Gasteiger partial charge in [-0.2, -0.15) is 0 Å². The van der Waals surface area contributed by atoms with Crippen LogP contribution in [-0.4, -0.2) is 48.0 Å². The number of likely N-dealkylation sites (tertiary alicyclic amines) is 1. The molecule has 1 aliphatic rings. The number of piperidine rings is 1. The summed E-state index contributed by atoms with van der Waals surface area (Å²) in [5.74, 6) is -1.11. The van der Waals surface area contributed by atoms with Crippen molar-refractivity contribution in [3.63, 3.8) is 0 Å². The van der Waals surface area contributed by atoms with Gasteiger partial charge in [0.2, 0.25) is 0 Å². The first-order chi connectivity index (χ1) is 11.8. The van der Waals surface area contributed by atoms with Crippen LogP contribution in [0.15, 0.2) is 30.3 Å². The summed E-state index contributed by atoms with van der Waals surface area (Å²) in [6.45, 7) is 5.93. The van der Waals surface area contributed by atoms with E-state index in [9.17, 15) is 14.4 Å². The Hall–Kier alpha value is -2.37. The zero-order valence-corrected chi connectivity index (χ0v) is 15.0. The minimum absolute atomic E-state index is 0.242. The van der Waals surface area contributed by atoms with E-state index in [0.717, 1.165) is 0 Å². The van der Waals surface area contributed by atoms with E-state index < -0.39 is 23.6 Å². The van der Waals surface area contributed by atoms with Crippen molar-refractivity contribution in [2.75, 3.05) is 19.7 Å². The summed E-state index contributed by atoms with van der Waals surface area (Å²) in [7, 11) is 0. The lowest BCUT2D eigenvalue weighted by atomic mass is 9.98. The molecular formula is C19H25NO5. The van der Waals surface area contributed by atoms with Gasteiger partial charge in [0.25, 0.3) is 0 Å². The van der Waals surface area contributed by atoms with Crippen molar-refractivity contribution in [2.24, 2.45) is 5.92 Å². The normalized spacial score (nSPS) is 17.7. The minimum atomic E-state index is -0.577. The predicted molar refractivity (Wildman–Crippen MR) is 92.3 cm³/mol. The maximum atomic E-state index is 12.2. The number of rotatable bonds is 4. The summed E-state index contributed by atoms with van der Waals surface area (Å²) >= 11 is 0. The largest absolute Gasteiger partial charge is 0.457 e. The lowest BCUT2D eigenvalue weighted by Gasteiger charge is -2.33. The van der Waals surface area contributed by atoms with Crippen molar-refractivity contribution >= 4 is 17.8 Å². The first-order valence-electron chi connectivity index (χ1n) is 8.49. The molecule has 1 amide bonds. The molecule has 6 heteroatoms. The molecule has 0 unspecified atom stereocenters. The summed E-state index contributed by atoms with van der Waals surface area (Å²) in [6.07, 6.45) is 0.911. The molecule has 1 atom stereocenters. The van der Waals surface area contributed by atoms with Crippen LogP contribution >= 0.6 is 0 Å². The number of nitrogens with zero attached hydrogens (tertiary/aromatic N) is 1. The van der Waals surface area contributed by atoms with Gasteiger partial charge in [-0.1, -0.05) is 30.3 Å². The van der Waals surface area contributed by atoms with Crippen LogP contribution in [0.25, 0.3) is 0 Å². The molecule has 0 bridgehead atoms. The molecule has 1 heterocycles. The lowest BCUT2D eigenvalue weighted by Crippen LogP contribution is -2.45. The Bertz CT molecular complexity index is 620. The third-order valence-corrected chi connectivity index (χ3v) is 3.85. The van der Waals surface area contributed by atoms with Crippen LogP contribution < -0.4 is 0 Å². The van der Waals surface area contributed by atoms with E-state index in [0.29, 0.717) is 24.9 Å². The van der Waals surface area contributed by atoms with Crippen molar-refractivity contribution < 1.29 is 23.9 Å². The third-order valence-electron chi connectivity index (χ3n) is 3.85. The molecule has 0 saturated carbocycles. The molecule has 1 aromatic rings. The number of carbonyl (C=O) groups is 3. The fourth-order valence-corrected chi connectivity index (χ4v) is 2.62. The van der Waals surface area contributed by atoms with Gasteiger partial charge in [0.15, 0.2) is 12.4 Å². The highest BCUT2D eigenvalue weighted by molar-refractivity contribution is 5.98. The molecule has 0 radical (unpaired) electrons. The van der Waals surface area contributed by atoms with Crippen molar-refractivity contribution in [3.8, 4) is 0 Å². The lowest BCUT2D eigenvalue weighted by molar-refractivity contribution is -0.149. The number of hydrogen-bond donors (Lipinski definition) is 0. The van der Waals surface area contributed by atoms with Gasteiger partial charge in [-0.3, -0.25) is 9.59 Å². The van der Waals surface area contributed by atoms with Gasteiger partial charge < -0.3 is 14.4 Å². The van der Waals surface area contributed by atoms with E-state index in [4.69, 9.17) is 9.47 Å². The molecule has 1 aromatic carbocycles. The van der Waals surface area contributed by atoms with Gasteiger partial charge in [-0.15, -0.1) is 0 Å². The average molecular weight is 347 g/mol. The Balaban J connectivity index is 1.85. The fraction of sp³-hybridized carbons (Fsp3) is 0.526. The number of ether oxygens (including phenoxy) is 2. The molecule has 25 heavy (non-hydrogen) atoms. The number of ketones is 1. The second-order valence-electron chi connectivity index (χ2n) is 7.16. The number of esters is 1. The topological polar surface area (TPSA) is 72.9 Å². The third kappa shape index (κ3) is 5.89. The Morgan fingerprint density at radius 3 is 2.48 bits per heavy atom. The van der Waals surface area contributed by atoms with Crippen molar-refractivity contribution in [1.29, 1.82) is 0 Å². The van der Waals surface area contributed by atoms with Crippen molar-refractivity contribution in [3.05, 3.63) is 35.9 Å². The molecule has 136 valence electrons. The van der Waals surface area contributed by atoms with Crippen molar-refractivity contribution in [1.82, 2.24) is 4.90 Å². The highest BCUT2D eigenvalue weighted by atomic mass is 16.6. The Morgan fingerprint density at radius 2 is 1.84 bits per heavy atom. The van der Waals surface area contributed by atoms with Crippen molar-refractivity contribution in [2.45, 2.75) is 39.2 Å². The van der Waals surface area contributed by atoms with Crippen LogP contribution in [0.5, 0.6) is 0 Å². The van der Waals surface area contributed by atoms with Gasteiger partial charge in [-0.05, 0) is 33.6 Å². The predicted octanol–water partition coefficient (Wildman–Crippen LogP) is 3.06. The summed E-state index contributed by atoms with van der Waals surface area (Å²) in [4.78, 5) is 37.9. The smallest absolute Gasteiger partial charge is 0.410 e. The number of Topliss-reactive ketones (excluding diaryl/α,β-unsaturated/α-hetero) is 1. The van der Waals surface area contributed by atoms with Gasteiger partial charge in [0, 0.05) is 18.7 Å². The maximum absolute atomic E-state index is 12.2. The van der Waals surface area contributed by atoms with Crippen LogP contribution in [0.2, 0.25) is 0 Å². The highest BCUT2D eigenvalue weighted by Gasteiger charge is 2.32. The molecule has 2 rings (SSSR count). The highest BCUT2D eigenvalue weighted by Crippen LogP contribution is 2.20. The van der Waals surface area contributed by atoms with Gasteiger partial charge >= 0.3 is 12.1 Å². The van der Waals surface area contributed by atoms with E-state index in [2.05, 4.69) is 0 Å². The standard InChI is InChI=1S/C19H25NO5/c1-19(2,3)25-18(23)20-11-7-10-15(12-20)17(22)24-13-16(21)14-8-5-4-6-9-14/h4-6,8-9,15H,7,10-13H2,1-3H3/t15-/m0/s1. The molecule has 0 aliphatic carbocycles. The van der Waals surface area contributed by atoms with E-state index in [1.807, 2.05) is 6.07 Å². The summed E-state index contributed by atoms with van der Waals surface area (Å²) < 4.78 is 10.5. The van der Waals surface area contributed by atoms with E-state index >= 15 is 0 Å². The Kier molecular flexibility index (Phi) is 6.17. The molecular weight excluding hydrogens is 322 g/mol. The van der Waals surface area contributed by atoms with E-state index in [1.54, 1.807) is 45.0 Å².